The molecule has 6 nitrogen and oxygen atoms in total. The van der Waals surface area contributed by atoms with Crippen molar-refractivity contribution in [2.24, 2.45) is 0 Å². The fraction of sp³-hybridized carbons (Fsp3) is 0.375. The van der Waals surface area contributed by atoms with Crippen molar-refractivity contribution in [1.29, 1.82) is 0 Å². The highest BCUT2D eigenvalue weighted by Crippen LogP contribution is 2.23. The van der Waals surface area contributed by atoms with Gasteiger partial charge in [0.25, 0.3) is 0 Å². The number of rotatable bonds is 7. The van der Waals surface area contributed by atoms with Crippen molar-refractivity contribution in [2.75, 3.05) is 25.0 Å². The van der Waals surface area contributed by atoms with E-state index in [2.05, 4.69) is 50.3 Å². The second-order valence-electron chi connectivity index (χ2n) is 7.76. The number of aromatic nitrogens is 3. The van der Waals surface area contributed by atoms with Crippen LogP contribution in [-0.4, -0.2) is 45.6 Å². The topological polar surface area (TPSA) is 63.2 Å². The highest BCUT2D eigenvalue weighted by molar-refractivity contribution is 5.60. The van der Waals surface area contributed by atoms with Gasteiger partial charge in [-0.25, -0.2) is 9.97 Å². The van der Waals surface area contributed by atoms with Gasteiger partial charge in [-0.3, -0.25) is 9.88 Å². The summed E-state index contributed by atoms with van der Waals surface area (Å²) in [5.74, 6) is 1.69. The number of hydrogen-bond acceptors (Lipinski definition) is 6. The van der Waals surface area contributed by atoms with Gasteiger partial charge in [-0.2, -0.15) is 0 Å². The van der Waals surface area contributed by atoms with Crippen molar-refractivity contribution in [3.8, 4) is 16.9 Å². The molecule has 1 saturated heterocycles. The molecule has 1 fully saturated rings. The Kier molecular flexibility index (Phi) is 6.54. The Morgan fingerprint density at radius 3 is 2.57 bits per heavy atom. The monoisotopic (exact) mass is 403 g/mol. The van der Waals surface area contributed by atoms with Crippen LogP contribution in [0.25, 0.3) is 11.1 Å². The first-order valence-electron chi connectivity index (χ1n) is 10.6. The Hall–Kier alpha value is -2.99. The molecule has 4 rings (SSSR count). The molecule has 1 aromatic carbocycles. The van der Waals surface area contributed by atoms with Crippen LogP contribution in [0.3, 0.4) is 0 Å². The number of nitrogens with zero attached hydrogens (tertiary/aromatic N) is 4. The normalized spacial score (nSPS) is 15.1. The first-order chi connectivity index (χ1) is 14.7. The lowest BCUT2D eigenvalue weighted by Crippen LogP contribution is -2.38. The Morgan fingerprint density at radius 2 is 1.87 bits per heavy atom. The molecule has 3 aromatic rings. The highest BCUT2D eigenvalue weighted by atomic mass is 16.5. The Morgan fingerprint density at radius 1 is 1.07 bits per heavy atom. The molecule has 0 bridgehead atoms. The zero-order chi connectivity index (χ0) is 20.8. The maximum atomic E-state index is 5.74. The summed E-state index contributed by atoms with van der Waals surface area (Å²) in [5.41, 5.74) is 4.51. The minimum atomic E-state index is 0.405. The molecule has 156 valence electrons. The minimum Gasteiger partial charge on any atom is -0.494 e. The van der Waals surface area contributed by atoms with Gasteiger partial charge in [0.1, 0.15) is 5.75 Å². The first kappa shape index (κ1) is 20.3. The van der Waals surface area contributed by atoms with E-state index in [1.54, 1.807) is 6.20 Å². The van der Waals surface area contributed by atoms with Crippen LogP contribution in [0.4, 0.5) is 5.95 Å². The Balaban J connectivity index is 1.28. The van der Waals surface area contributed by atoms with E-state index in [4.69, 9.17) is 4.74 Å². The van der Waals surface area contributed by atoms with Gasteiger partial charge in [0, 0.05) is 61.6 Å². The SMILES string of the molecule is CCOc1cc(CN2CCC(Nc3ncc(-c4cccnc4)cn3)CC2)ccc1C. The van der Waals surface area contributed by atoms with E-state index in [0.717, 1.165) is 49.4 Å². The molecule has 0 amide bonds. The Labute approximate surface area is 178 Å². The molecule has 1 N–H and O–H groups in total. The van der Waals surface area contributed by atoms with E-state index in [0.29, 0.717) is 18.6 Å². The number of ether oxygens (including phenoxy) is 1. The van der Waals surface area contributed by atoms with E-state index >= 15 is 0 Å². The van der Waals surface area contributed by atoms with Gasteiger partial charge in [-0.1, -0.05) is 18.2 Å². The molecule has 0 radical (unpaired) electrons. The smallest absolute Gasteiger partial charge is 0.222 e. The van der Waals surface area contributed by atoms with E-state index < -0.39 is 0 Å². The quantitative estimate of drug-likeness (QED) is 0.634. The summed E-state index contributed by atoms with van der Waals surface area (Å²) in [6.45, 7) is 7.90. The van der Waals surface area contributed by atoms with Gasteiger partial charge in [0.2, 0.25) is 5.95 Å². The summed E-state index contributed by atoms with van der Waals surface area (Å²) in [6.07, 6.45) is 9.47. The zero-order valence-corrected chi connectivity index (χ0v) is 17.7. The lowest BCUT2D eigenvalue weighted by atomic mass is 10.0. The number of aryl methyl sites for hydroxylation is 1. The summed E-state index contributed by atoms with van der Waals surface area (Å²) in [5, 5.41) is 3.49. The van der Waals surface area contributed by atoms with Crippen LogP contribution in [0.2, 0.25) is 0 Å². The van der Waals surface area contributed by atoms with Crippen molar-refractivity contribution in [3.63, 3.8) is 0 Å². The van der Waals surface area contributed by atoms with Gasteiger partial charge < -0.3 is 10.1 Å². The van der Waals surface area contributed by atoms with Crippen LogP contribution in [0.15, 0.2) is 55.1 Å². The van der Waals surface area contributed by atoms with Crippen molar-refractivity contribution in [2.45, 2.75) is 39.3 Å². The molecule has 3 heterocycles. The molecular weight excluding hydrogens is 374 g/mol. The summed E-state index contributed by atoms with van der Waals surface area (Å²) in [4.78, 5) is 15.6. The average Bonchev–Trinajstić information content (AvgIpc) is 2.79. The van der Waals surface area contributed by atoms with Crippen molar-refractivity contribution >= 4 is 5.95 Å². The molecule has 0 saturated carbocycles. The number of likely N-dealkylation sites (tertiary alicyclic amines) is 1. The molecule has 1 aliphatic heterocycles. The Bertz CT molecular complexity index is 938. The van der Waals surface area contributed by atoms with Crippen LogP contribution in [0.1, 0.15) is 30.9 Å². The molecular formula is C24H29N5O. The standard InChI is InChI=1S/C24H29N5O/c1-3-30-23-13-19(7-6-18(23)2)17-29-11-8-22(9-12-29)28-24-26-15-21(16-27-24)20-5-4-10-25-14-20/h4-7,10,13-16,22H,3,8-9,11-12,17H2,1-2H3,(H,26,27,28). The lowest BCUT2D eigenvalue weighted by Gasteiger charge is -2.32. The predicted octanol–water partition coefficient (Wildman–Crippen LogP) is 4.32. The summed E-state index contributed by atoms with van der Waals surface area (Å²) in [7, 11) is 0. The fourth-order valence-corrected chi connectivity index (χ4v) is 3.82. The summed E-state index contributed by atoms with van der Waals surface area (Å²) in [6, 6.07) is 10.9. The number of benzene rings is 1. The van der Waals surface area contributed by atoms with Crippen LogP contribution < -0.4 is 10.1 Å². The van der Waals surface area contributed by atoms with E-state index in [-0.39, 0.29) is 0 Å². The van der Waals surface area contributed by atoms with Crippen LogP contribution in [-0.2, 0) is 6.54 Å². The second kappa shape index (κ2) is 9.67. The van der Waals surface area contributed by atoms with Crippen molar-refractivity contribution in [1.82, 2.24) is 19.9 Å². The number of piperidine rings is 1. The molecule has 30 heavy (non-hydrogen) atoms. The van der Waals surface area contributed by atoms with Crippen LogP contribution in [0.5, 0.6) is 5.75 Å². The van der Waals surface area contributed by atoms with Gasteiger partial charge in [0.15, 0.2) is 0 Å². The third-order valence-corrected chi connectivity index (χ3v) is 5.53. The molecule has 0 unspecified atom stereocenters. The molecule has 1 aliphatic rings. The first-order valence-corrected chi connectivity index (χ1v) is 10.6. The molecule has 0 aliphatic carbocycles. The minimum absolute atomic E-state index is 0.405. The highest BCUT2D eigenvalue weighted by Gasteiger charge is 2.20. The maximum Gasteiger partial charge on any atom is 0.222 e. The summed E-state index contributed by atoms with van der Waals surface area (Å²) >= 11 is 0. The van der Waals surface area contributed by atoms with Gasteiger partial charge >= 0.3 is 0 Å². The van der Waals surface area contributed by atoms with Crippen LogP contribution in [0, 0.1) is 6.92 Å². The molecule has 2 aromatic heterocycles. The molecule has 0 atom stereocenters. The van der Waals surface area contributed by atoms with Crippen LogP contribution >= 0.6 is 0 Å². The third kappa shape index (κ3) is 5.13. The summed E-state index contributed by atoms with van der Waals surface area (Å²) < 4.78 is 5.74. The average molecular weight is 404 g/mol. The van der Waals surface area contributed by atoms with Gasteiger partial charge in [-0.05, 0) is 49.9 Å². The van der Waals surface area contributed by atoms with Gasteiger partial charge in [-0.15, -0.1) is 0 Å². The zero-order valence-electron chi connectivity index (χ0n) is 17.7. The number of pyridine rings is 1. The van der Waals surface area contributed by atoms with Gasteiger partial charge in [0.05, 0.1) is 6.61 Å². The number of hydrogen-bond donors (Lipinski definition) is 1. The predicted molar refractivity (Wildman–Crippen MR) is 120 cm³/mol. The van der Waals surface area contributed by atoms with Crippen molar-refractivity contribution in [3.05, 3.63) is 66.2 Å². The second-order valence-corrected chi connectivity index (χ2v) is 7.76. The fourth-order valence-electron chi connectivity index (χ4n) is 3.82. The van der Waals surface area contributed by atoms with Crippen molar-refractivity contribution < 1.29 is 4.74 Å². The maximum absolute atomic E-state index is 5.74. The largest absolute Gasteiger partial charge is 0.494 e. The third-order valence-electron chi connectivity index (χ3n) is 5.53. The number of anilines is 1. The van der Waals surface area contributed by atoms with E-state index in [1.165, 1.54) is 11.1 Å². The molecule has 6 heteroatoms. The number of nitrogens with one attached hydrogen (secondary N) is 1. The van der Waals surface area contributed by atoms with E-state index in [1.807, 2.05) is 37.6 Å². The lowest BCUT2D eigenvalue weighted by molar-refractivity contribution is 0.210. The molecule has 0 spiro atoms. The van der Waals surface area contributed by atoms with E-state index in [9.17, 15) is 0 Å².